The monoisotopic (exact) mass is 180 g/mol. The molecule has 1 unspecified atom stereocenters. The normalized spacial score (nSPS) is 37.1. The van der Waals surface area contributed by atoms with E-state index >= 15 is 0 Å². The van der Waals surface area contributed by atoms with Crippen molar-refractivity contribution in [1.29, 1.82) is 0 Å². The largest absolute Gasteiger partial charge is 0.365 e. The van der Waals surface area contributed by atoms with Crippen LogP contribution in [-0.4, -0.2) is 44.7 Å². The quantitative estimate of drug-likeness (QED) is 0.608. The summed E-state index contributed by atoms with van der Waals surface area (Å²) in [5, 5.41) is 11.7. The van der Waals surface area contributed by atoms with Crippen molar-refractivity contribution in [3.8, 4) is 0 Å². The second-order valence-electron chi connectivity index (χ2n) is 3.84. The van der Waals surface area contributed by atoms with Crippen molar-refractivity contribution < 1.29 is 0 Å². The van der Waals surface area contributed by atoms with Crippen LogP contribution in [0.4, 0.5) is 5.95 Å². The first kappa shape index (κ1) is 7.25. The van der Waals surface area contributed by atoms with Crippen LogP contribution in [0.25, 0.3) is 0 Å². The summed E-state index contributed by atoms with van der Waals surface area (Å²) < 4.78 is 0. The van der Waals surface area contributed by atoms with E-state index in [1.54, 1.807) is 4.80 Å². The highest BCUT2D eigenvalue weighted by molar-refractivity contribution is 5.07. The Kier molecular flexibility index (Phi) is 1.35. The lowest BCUT2D eigenvalue weighted by Crippen LogP contribution is -2.27. The number of aromatic nitrogens is 4. The Labute approximate surface area is 75.7 Å². The van der Waals surface area contributed by atoms with Gasteiger partial charge in [0.05, 0.1) is 6.04 Å². The van der Waals surface area contributed by atoms with Gasteiger partial charge in [-0.25, -0.2) is 0 Å². The lowest BCUT2D eigenvalue weighted by atomic mass is 10.0. The van der Waals surface area contributed by atoms with Crippen molar-refractivity contribution >= 4 is 5.95 Å². The van der Waals surface area contributed by atoms with Gasteiger partial charge in [-0.15, -0.1) is 5.10 Å². The van der Waals surface area contributed by atoms with Gasteiger partial charge in [-0.05, 0) is 24.1 Å². The number of hydrogen-bond donors (Lipinski definition) is 1. The van der Waals surface area contributed by atoms with Gasteiger partial charge in [-0.3, -0.25) is 0 Å². The van der Waals surface area contributed by atoms with E-state index in [9.17, 15) is 0 Å². The van der Waals surface area contributed by atoms with Crippen molar-refractivity contribution in [3.63, 3.8) is 0 Å². The van der Waals surface area contributed by atoms with Gasteiger partial charge in [0.25, 0.3) is 5.95 Å². The molecule has 6 heteroatoms. The average molecular weight is 180 g/mol. The van der Waals surface area contributed by atoms with Crippen molar-refractivity contribution in [2.45, 2.75) is 12.5 Å². The molecule has 2 aliphatic heterocycles. The van der Waals surface area contributed by atoms with Gasteiger partial charge < -0.3 is 10.6 Å². The molecule has 2 fully saturated rings. The highest BCUT2D eigenvalue weighted by atomic mass is 15.6. The lowest BCUT2D eigenvalue weighted by molar-refractivity contribution is 0.263. The number of anilines is 1. The zero-order chi connectivity index (χ0) is 8.84. The highest BCUT2D eigenvalue weighted by Crippen LogP contribution is 2.35. The van der Waals surface area contributed by atoms with Crippen molar-refractivity contribution in [1.82, 2.24) is 25.1 Å². The molecule has 2 N–H and O–H groups in total. The molecule has 0 aromatic carbocycles. The summed E-state index contributed by atoms with van der Waals surface area (Å²) in [7, 11) is 0. The molecule has 0 saturated carbocycles. The van der Waals surface area contributed by atoms with Gasteiger partial charge in [0.15, 0.2) is 0 Å². The number of rotatable bonds is 1. The Morgan fingerprint density at radius 2 is 2.31 bits per heavy atom. The van der Waals surface area contributed by atoms with Crippen LogP contribution >= 0.6 is 0 Å². The molecule has 3 atom stereocenters. The summed E-state index contributed by atoms with van der Waals surface area (Å²) in [6.07, 6.45) is 1.26. The molecule has 6 nitrogen and oxygen atoms in total. The summed E-state index contributed by atoms with van der Waals surface area (Å²) in [6, 6.07) is 0.401. The number of hydrogen-bond acceptors (Lipinski definition) is 5. The van der Waals surface area contributed by atoms with E-state index in [0.717, 1.165) is 6.54 Å². The maximum absolute atomic E-state index is 5.43. The number of nitrogens with zero attached hydrogens (tertiary/aromatic N) is 5. The van der Waals surface area contributed by atoms with Crippen LogP contribution in [0.15, 0.2) is 0 Å². The van der Waals surface area contributed by atoms with Gasteiger partial charge in [0, 0.05) is 13.1 Å². The van der Waals surface area contributed by atoms with Crippen molar-refractivity contribution in [2.24, 2.45) is 5.92 Å². The van der Waals surface area contributed by atoms with Crippen LogP contribution in [0.5, 0.6) is 0 Å². The van der Waals surface area contributed by atoms with Gasteiger partial charge >= 0.3 is 0 Å². The number of fused-ring (bicyclic) bond motifs is 2. The smallest absolute Gasteiger partial charge is 0.260 e. The summed E-state index contributed by atoms with van der Waals surface area (Å²) in [5.41, 5.74) is 5.43. The molecule has 2 saturated heterocycles. The van der Waals surface area contributed by atoms with Crippen LogP contribution in [0.2, 0.25) is 0 Å². The van der Waals surface area contributed by atoms with Crippen LogP contribution in [0.1, 0.15) is 12.5 Å². The van der Waals surface area contributed by atoms with Crippen LogP contribution in [0, 0.1) is 5.92 Å². The van der Waals surface area contributed by atoms with Crippen molar-refractivity contribution in [2.75, 3.05) is 25.4 Å². The van der Waals surface area contributed by atoms with E-state index < -0.39 is 0 Å². The molecule has 0 spiro atoms. The molecule has 3 rings (SSSR count). The molecule has 0 aliphatic carbocycles. The van der Waals surface area contributed by atoms with E-state index in [-0.39, 0.29) is 5.95 Å². The molecule has 3 heterocycles. The molecular weight excluding hydrogens is 168 g/mol. The van der Waals surface area contributed by atoms with Gasteiger partial charge in [0.2, 0.25) is 0 Å². The fourth-order valence-corrected chi connectivity index (χ4v) is 2.39. The summed E-state index contributed by atoms with van der Waals surface area (Å²) in [5.74, 6) is 0.978. The van der Waals surface area contributed by atoms with Crippen LogP contribution < -0.4 is 5.73 Å². The highest BCUT2D eigenvalue weighted by Gasteiger charge is 2.40. The summed E-state index contributed by atoms with van der Waals surface area (Å²) in [4.78, 5) is 4.12. The molecule has 13 heavy (non-hydrogen) atoms. The maximum Gasteiger partial charge on any atom is 0.260 e. The lowest BCUT2D eigenvalue weighted by Gasteiger charge is -2.20. The fourth-order valence-electron chi connectivity index (χ4n) is 2.39. The Morgan fingerprint density at radius 3 is 2.85 bits per heavy atom. The molecule has 70 valence electrons. The standard InChI is InChI=1S/C7H12N6/c8-7-9-11-13(10-7)6-4-12-2-1-5(6)3-12/h5-6H,1-4H2,(H2,8,10)/t5-,6-/m0/s1. The summed E-state index contributed by atoms with van der Waals surface area (Å²) >= 11 is 0. The second kappa shape index (κ2) is 2.41. The average Bonchev–Trinajstić information content (AvgIpc) is 2.77. The zero-order valence-electron chi connectivity index (χ0n) is 7.30. The van der Waals surface area contributed by atoms with Gasteiger partial charge in [0.1, 0.15) is 0 Å². The minimum Gasteiger partial charge on any atom is -0.365 e. The Balaban J connectivity index is 1.87. The molecular formula is C7H12N6. The number of piperidine rings is 1. The molecule has 0 amide bonds. The van der Waals surface area contributed by atoms with Gasteiger partial charge in [-0.2, -0.15) is 4.80 Å². The number of tetrazole rings is 1. The van der Waals surface area contributed by atoms with Crippen molar-refractivity contribution in [3.05, 3.63) is 0 Å². The van der Waals surface area contributed by atoms with E-state index in [1.807, 2.05) is 0 Å². The third kappa shape index (κ3) is 1.02. The zero-order valence-corrected chi connectivity index (χ0v) is 7.30. The van der Waals surface area contributed by atoms with E-state index in [0.29, 0.717) is 12.0 Å². The molecule has 0 radical (unpaired) electrons. The first-order valence-corrected chi connectivity index (χ1v) is 4.60. The minimum atomic E-state index is 0.276. The Morgan fingerprint density at radius 1 is 1.38 bits per heavy atom. The topological polar surface area (TPSA) is 72.9 Å². The predicted molar refractivity (Wildman–Crippen MR) is 45.8 cm³/mol. The summed E-state index contributed by atoms with van der Waals surface area (Å²) in [6.45, 7) is 3.47. The molecule has 2 aliphatic rings. The van der Waals surface area contributed by atoms with Gasteiger partial charge in [-0.1, -0.05) is 5.10 Å². The maximum atomic E-state index is 5.43. The molecule has 2 bridgehead atoms. The van der Waals surface area contributed by atoms with Crippen LogP contribution in [0.3, 0.4) is 0 Å². The SMILES string of the molecule is Nc1nnn([C@H]2CN3CC[C@H]2C3)n1. The molecule has 1 aromatic heterocycles. The first-order chi connectivity index (χ1) is 6.33. The minimum absolute atomic E-state index is 0.276. The first-order valence-electron chi connectivity index (χ1n) is 4.60. The second-order valence-corrected chi connectivity index (χ2v) is 3.84. The Bertz CT molecular complexity index is 321. The van der Waals surface area contributed by atoms with E-state index in [1.165, 1.54) is 19.5 Å². The number of nitrogen functional groups attached to an aromatic ring is 1. The number of nitrogens with two attached hydrogens (primary N) is 1. The molecule has 1 aromatic rings. The third-order valence-electron chi connectivity index (χ3n) is 3.04. The van der Waals surface area contributed by atoms with E-state index in [2.05, 4.69) is 20.3 Å². The van der Waals surface area contributed by atoms with Crippen LogP contribution in [-0.2, 0) is 0 Å². The Hall–Kier alpha value is -1.17. The third-order valence-corrected chi connectivity index (χ3v) is 3.04. The fraction of sp³-hybridized carbons (Fsp3) is 0.857. The van der Waals surface area contributed by atoms with E-state index in [4.69, 9.17) is 5.73 Å². The predicted octanol–water partition coefficient (Wildman–Crippen LogP) is -0.868.